The predicted molar refractivity (Wildman–Crippen MR) is 109 cm³/mol. The molecule has 1 aromatic heterocycles. The first-order valence-electron chi connectivity index (χ1n) is 8.47. The molecule has 0 amide bonds. The average Bonchev–Trinajstić information content (AvgIpc) is 3.20. The molecule has 0 fully saturated rings. The number of hydrogen-bond acceptors (Lipinski definition) is 5. The lowest BCUT2D eigenvalue weighted by Crippen LogP contribution is -2.10. The maximum absolute atomic E-state index is 12.5. The summed E-state index contributed by atoms with van der Waals surface area (Å²) in [7, 11) is 1.43. The second kappa shape index (κ2) is 9.01. The van der Waals surface area contributed by atoms with Crippen LogP contribution in [0.5, 0.6) is 11.5 Å². The number of carbonyl (C=O) groups is 2. The summed E-state index contributed by atoms with van der Waals surface area (Å²) in [5.41, 5.74) is 1.57. The lowest BCUT2D eigenvalue weighted by atomic mass is 10.1. The molecule has 0 atom stereocenters. The van der Waals surface area contributed by atoms with Gasteiger partial charge in [0.2, 0.25) is 0 Å². The first-order valence-corrected chi connectivity index (χ1v) is 9.29. The van der Waals surface area contributed by atoms with Gasteiger partial charge in [0.25, 0.3) is 0 Å². The largest absolute Gasteiger partial charge is 0.493 e. The van der Waals surface area contributed by atoms with Crippen LogP contribution in [0.1, 0.15) is 15.2 Å². The SMILES string of the molecule is COc1cc(C(=O)/C=C/c2ccc(-c3ccccc3)s2)ccc1OCC(=O)O. The normalized spacial score (nSPS) is 10.8. The highest BCUT2D eigenvalue weighted by Gasteiger charge is 2.11. The van der Waals surface area contributed by atoms with Crippen LogP contribution in [0.2, 0.25) is 0 Å². The molecular weight excluding hydrogens is 376 g/mol. The topological polar surface area (TPSA) is 72.8 Å². The van der Waals surface area contributed by atoms with E-state index in [0.717, 1.165) is 15.3 Å². The van der Waals surface area contributed by atoms with Crippen LogP contribution >= 0.6 is 11.3 Å². The van der Waals surface area contributed by atoms with E-state index in [1.165, 1.54) is 25.3 Å². The molecule has 0 aliphatic rings. The van der Waals surface area contributed by atoms with Gasteiger partial charge in [0.05, 0.1) is 7.11 Å². The Bertz CT molecular complexity index is 1000. The molecule has 5 nitrogen and oxygen atoms in total. The number of carboxylic acid groups (broad SMARTS) is 1. The average molecular weight is 394 g/mol. The smallest absolute Gasteiger partial charge is 0.341 e. The van der Waals surface area contributed by atoms with Crippen molar-refractivity contribution in [3.8, 4) is 21.9 Å². The molecule has 0 radical (unpaired) electrons. The number of ether oxygens (including phenoxy) is 2. The standard InChI is InChI=1S/C22H18O5S/c1-26-20-13-16(7-11-19(20)27-14-22(24)25)18(23)10-8-17-9-12-21(28-17)15-5-3-2-4-6-15/h2-13H,14H2,1H3,(H,24,25)/b10-8+. The van der Waals surface area contributed by atoms with Crippen molar-refractivity contribution in [1.29, 1.82) is 0 Å². The summed E-state index contributed by atoms with van der Waals surface area (Å²) < 4.78 is 10.3. The second-order valence-electron chi connectivity index (χ2n) is 5.81. The maximum atomic E-state index is 12.5. The number of carbonyl (C=O) groups excluding carboxylic acids is 1. The fraction of sp³-hybridized carbons (Fsp3) is 0.0909. The Morgan fingerprint density at radius 1 is 1.04 bits per heavy atom. The molecule has 0 aliphatic carbocycles. The lowest BCUT2D eigenvalue weighted by Gasteiger charge is -2.09. The molecule has 0 saturated carbocycles. The molecule has 0 aliphatic heterocycles. The van der Waals surface area contributed by atoms with Gasteiger partial charge in [-0.3, -0.25) is 4.79 Å². The second-order valence-corrected chi connectivity index (χ2v) is 6.93. The van der Waals surface area contributed by atoms with E-state index in [1.54, 1.807) is 23.5 Å². The molecule has 142 valence electrons. The van der Waals surface area contributed by atoms with Crippen LogP contribution in [0.4, 0.5) is 0 Å². The fourth-order valence-electron chi connectivity index (χ4n) is 2.53. The van der Waals surface area contributed by atoms with Gasteiger partial charge in [-0.05, 0) is 48.0 Å². The van der Waals surface area contributed by atoms with E-state index in [2.05, 4.69) is 0 Å². The van der Waals surface area contributed by atoms with Crippen molar-refractivity contribution in [2.45, 2.75) is 0 Å². The third-order valence-corrected chi connectivity index (χ3v) is 4.98. The number of aliphatic carboxylic acids is 1. The predicted octanol–water partition coefficient (Wildman–Crippen LogP) is 4.78. The number of methoxy groups -OCH3 is 1. The van der Waals surface area contributed by atoms with E-state index < -0.39 is 12.6 Å². The summed E-state index contributed by atoms with van der Waals surface area (Å²) in [4.78, 5) is 25.2. The number of benzene rings is 2. The Balaban J connectivity index is 1.72. The van der Waals surface area contributed by atoms with Gasteiger partial charge < -0.3 is 14.6 Å². The van der Waals surface area contributed by atoms with Crippen LogP contribution in [0, 0.1) is 0 Å². The van der Waals surface area contributed by atoms with Gasteiger partial charge in [-0.25, -0.2) is 4.79 Å². The quantitative estimate of drug-likeness (QED) is 0.440. The van der Waals surface area contributed by atoms with Crippen LogP contribution in [-0.4, -0.2) is 30.6 Å². The van der Waals surface area contributed by atoms with Gasteiger partial charge in [-0.15, -0.1) is 11.3 Å². The molecule has 2 aromatic carbocycles. The molecular formula is C22H18O5S. The van der Waals surface area contributed by atoms with Crippen LogP contribution in [0.25, 0.3) is 16.5 Å². The van der Waals surface area contributed by atoms with Crippen molar-refractivity contribution in [2.75, 3.05) is 13.7 Å². The lowest BCUT2D eigenvalue weighted by molar-refractivity contribution is -0.139. The van der Waals surface area contributed by atoms with Gasteiger partial charge in [-0.2, -0.15) is 0 Å². The Hall–Kier alpha value is -3.38. The maximum Gasteiger partial charge on any atom is 0.341 e. The summed E-state index contributed by atoms with van der Waals surface area (Å²) in [6, 6.07) is 18.7. The molecule has 3 rings (SSSR count). The molecule has 0 saturated heterocycles. The summed E-state index contributed by atoms with van der Waals surface area (Å²) in [6.45, 7) is -0.480. The van der Waals surface area contributed by atoms with Crippen LogP contribution in [-0.2, 0) is 4.79 Å². The van der Waals surface area contributed by atoms with E-state index in [4.69, 9.17) is 14.6 Å². The van der Waals surface area contributed by atoms with E-state index in [1.807, 2.05) is 42.5 Å². The summed E-state index contributed by atoms with van der Waals surface area (Å²) >= 11 is 1.60. The van der Waals surface area contributed by atoms with E-state index >= 15 is 0 Å². The number of rotatable bonds is 8. The summed E-state index contributed by atoms with van der Waals surface area (Å²) in [5, 5.41) is 8.71. The fourth-order valence-corrected chi connectivity index (χ4v) is 3.45. The third kappa shape index (κ3) is 4.86. The van der Waals surface area contributed by atoms with Gasteiger partial charge in [-0.1, -0.05) is 30.3 Å². The Morgan fingerprint density at radius 2 is 1.82 bits per heavy atom. The molecule has 0 bridgehead atoms. The molecule has 0 spiro atoms. The monoisotopic (exact) mass is 394 g/mol. The highest BCUT2D eigenvalue weighted by molar-refractivity contribution is 7.16. The zero-order valence-electron chi connectivity index (χ0n) is 15.1. The van der Waals surface area contributed by atoms with Crippen molar-refractivity contribution >= 4 is 29.2 Å². The van der Waals surface area contributed by atoms with Crippen molar-refractivity contribution in [3.05, 3.63) is 77.2 Å². The summed E-state index contributed by atoms with van der Waals surface area (Å²) in [6.07, 6.45) is 3.29. The molecule has 28 heavy (non-hydrogen) atoms. The Morgan fingerprint density at radius 3 is 2.54 bits per heavy atom. The highest BCUT2D eigenvalue weighted by Crippen LogP contribution is 2.30. The molecule has 6 heteroatoms. The van der Waals surface area contributed by atoms with Crippen molar-refractivity contribution < 1.29 is 24.2 Å². The van der Waals surface area contributed by atoms with E-state index in [0.29, 0.717) is 11.3 Å². The molecule has 1 heterocycles. The highest BCUT2D eigenvalue weighted by atomic mass is 32.1. The van der Waals surface area contributed by atoms with E-state index in [-0.39, 0.29) is 11.5 Å². The van der Waals surface area contributed by atoms with E-state index in [9.17, 15) is 9.59 Å². The van der Waals surface area contributed by atoms with Crippen LogP contribution in [0.3, 0.4) is 0 Å². The molecule has 0 unspecified atom stereocenters. The first-order chi connectivity index (χ1) is 13.6. The number of ketones is 1. The number of allylic oxidation sites excluding steroid dienone is 1. The minimum atomic E-state index is -1.09. The number of thiophene rings is 1. The third-order valence-electron chi connectivity index (χ3n) is 3.88. The Kier molecular flexibility index (Phi) is 6.24. The minimum Gasteiger partial charge on any atom is -0.493 e. The molecule has 1 N–H and O–H groups in total. The summed E-state index contributed by atoms with van der Waals surface area (Å²) in [5.74, 6) is -0.687. The first kappa shape index (κ1) is 19.4. The Labute approximate surface area is 166 Å². The number of hydrogen-bond donors (Lipinski definition) is 1. The van der Waals surface area contributed by atoms with Gasteiger partial charge in [0, 0.05) is 15.3 Å². The van der Waals surface area contributed by atoms with Gasteiger partial charge >= 0.3 is 5.97 Å². The van der Waals surface area contributed by atoms with Gasteiger partial charge in [0.1, 0.15) is 0 Å². The zero-order valence-corrected chi connectivity index (χ0v) is 15.9. The van der Waals surface area contributed by atoms with Crippen molar-refractivity contribution in [3.63, 3.8) is 0 Å². The zero-order chi connectivity index (χ0) is 19.9. The molecule has 3 aromatic rings. The van der Waals surface area contributed by atoms with Gasteiger partial charge in [0.15, 0.2) is 23.9 Å². The minimum absolute atomic E-state index is 0.183. The number of carboxylic acids is 1. The van der Waals surface area contributed by atoms with Crippen LogP contribution in [0.15, 0.2) is 66.7 Å². The van der Waals surface area contributed by atoms with Crippen LogP contribution < -0.4 is 9.47 Å². The van der Waals surface area contributed by atoms with Crippen molar-refractivity contribution in [1.82, 2.24) is 0 Å². The van der Waals surface area contributed by atoms with Crippen molar-refractivity contribution in [2.24, 2.45) is 0 Å².